The van der Waals surface area contributed by atoms with E-state index in [1.54, 1.807) is 36.2 Å². The Balaban J connectivity index is 1.73. The molecule has 7 heteroatoms. The van der Waals surface area contributed by atoms with E-state index >= 15 is 0 Å². The summed E-state index contributed by atoms with van der Waals surface area (Å²) in [5, 5.41) is 1.08. The standard InChI is InChI=1S/C19H19ClN2O3S/c1-13(18(23)22-11-4-5-12-22)25-19(24)14-7-6-10-21-17(14)26-16-9-3-2-8-15(16)20/h2-3,6-10,13H,4-5,11-12H2,1H3/t13-/m1/s1. The summed E-state index contributed by atoms with van der Waals surface area (Å²) in [7, 11) is 0. The van der Waals surface area contributed by atoms with Crippen molar-refractivity contribution in [2.45, 2.75) is 35.8 Å². The Bertz CT molecular complexity index is 809. The summed E-state index contributed by atoms with van der Waals surface area (Å²) >= 11 is 7.48. The van der Waals surface area contributed by atoms with Crippen LogP contribution in [-0.4, -0.2) is 41.0 Å². The van der Waals surface area contributed by atoms with Crippen molar-refractivity contribution in [1.29, 1.82) is 0 Å². The summed E-state index contributed by atoms with van der Waals surface area (Å²) in [6, 6.07) is 10.7. The molecule has 1 fully saturated rings. The molecule has 0 radical (unpaired) electrons. The average molecular weight is 391 g/mol. The molecule has 2 heterocycles. The van der Waals surface area contributed by atoms with Crippen LogP contribution < -0.4 is 0 Å². The third kappa shape index (κ3) is 4.37. The van der Waals surface area contributed by atoms with E-state index < -0.39 is 12.1 Å². The number of likely N-dealkylation sites (tertiary alicyclic amines) is 1. The highest BCUT2D eigenvalue weighted by molar-refractivity contribution is 7.99. The van der Waals surface area contributed by atoms with Crippen molar-refractivity contribution in [3.63, 3.8) is 0 Å². The van der Waals surface area contributed by atoms with Crippen LogP contribution >= 0.6 is 23.4 Å². The second-order valence-corrected chi connectivity index (χ2v) is 7.41. The van der Waals surface area contributed by atoms with Crippen molar-refractivity contribution >= 4 is 35.2 Å². The van der Waals surface area contributed by atoms with Gasteiger partial charge in [0.25, 0.3) is 5.91 Å². The SMILES string of the molecule is C[C@@H](OC(=O)c1cccnc1Sc1ccccc1Cl)C(=O)N1CCCC1. The van der Waals surface area contributed by atoms with Gasteiger partial charge in [0, 0.05) is 24.2 Å². The molecule has 1 aromatic heterocycles. The second kappa shape index (κ2) is 8.56. The number of nitrogens with zero attached hydrogens (tertiary/aromatic N) is 2. The fourth-order valence-electron chi connectivity index (χ4n) is 2.73. The predicted molar refractivity (Wildman–Crippen MR) is 101 cm³/mol. The zero-order valence-corrected chi connectivity index (χ0v) is 15.9. The Hall–Kier alpha value is -2.05. The van der Waals surface area contributed by atoms with Crippen molar-refractivity contribution < 1.29 is 14.3 Å². The number of ether oxygens (including phenoxy) is 1. The first-order valence-corrected chi connectivity index (χ1v) is 9.63. The largest absolute Gasteiger partial charge is 0.449 e. The number of pyridine rings is 1. The second-order valence-electron chi connectivity index (χ2n) is 5.97. The number of hydrogen-bond acceptors (Lipinski definition) is 5. The molecule has 5 nitrogen and oxygen atoms in total. The van der Waals surface area contributed by atoms with Crippen LogP contribution in [0.3, 0.4) is 0 Å². The lowest BCUT2D eigenvalue weighted by Gasteiger charge is -2.20. The van der Waals surface area contributed by atoms with Gasteiger partial charge in [0.2, 0.25) is 0 Å². The lowest BCUT2D eigenvalue weighted by Crippen LogP contribution is -2.38. The minimum atomic E-state index is -0.820. The topological polar surface area (TPSA) is 59.5 Å². The van der Waals surface area contributed by atoms with Gasteiger partial charge in [-0.2, -0.15) is 0 Å². The van der Waals surface area contributed by atoms with Crippen LogP contribution in [0.5, 0.6) is 0 Å². The molecule has 0 N–H and O–H groups in total. The van der Waals surface area contributed by atoms with Crippen molar-refractivity contribution in [2.75, 3.05) is 13.1 Å². The van der Waals surface area contributed by atoms with Gasteiger partial charge in [-0.05, 0) is 44.0 Å². The summed E-state index contributed by atoms with van der Waals surface area (Å²) in [6.45, 7) is 3.05. The summed E-state index contributed by atoms with van der Waals surface area (Å²) in [5.41, 5.74) is 0.318. The monoisotopic (exact) mass is 390 g/mol. The molecule has 0 saturated carbocycles. The van der Waals surface area contributed by atoms with Crippen molar-refractivity contribution in [1.82, 2.24) is 9.88 Å². The molecule has 0 aliphatic carbocycles. The number of halogens is 1. The quantitative estimate of drug-likeness (QED) is 0.720. The predicted octanol–water partition coefficient (Wildman–Crippen LogP) is 4.05. The smallest absolute Gasteiger partial charge is 0.341 e. The number of benzene rings is 1. The lowest BCUT2D eigenvalue weighted by atomic mass is 10.3. The Kier molecular flexibility index (Phi) is 6.16. The first-order valence-electron chi connectivity index (χ1n) is 8.43. The fourth-order valence-corrected chi connectivity index (χ4v) is 3.88. The average Bonchev–Trinajstić information content (AvgIpc) is 3.18. The highest BCUT2D eigenvalue weighted by atomic mass is 35.5. The summed E-state index contributed by atoms with van der Waals surface area (Å²) < 4.78 is 5.40. The molecule has 0 unspecified atom stereocenters. The van der Waals surface area contributed by atoms with Gasteiger partial charge < -0.3 is 9.64 Å². The molecule has 1 aliphatic rings. The van der Waals surface area contributed by atoms with Crippen LogP contribution in [0.25, 0.3) is 0 Å². The highest BCUT2D eigenvalue weighted by Gasteiger charge is 2.27. The summed E-state index contributed by atoms with van der Waals surface area (Å²) in [6.07, 6.45) is 2.77. The first-order chi connectivity index (χ1) is 12.6. The molecular weight excluding hydrogens is 372 g/mol. The Morgan fingerprint density at radius 3 is 2.65 bits per heavy atom. The van der Waals surface area contributed by atoms with E-state index in [1.807, 2.05) is 18.2 Å². The first kappa shape index (κ1) is 18.7. The molecule has 2 aromatic rings. The third-order valence-corrected chi connectivity index (χ3v) is 5.62. The molecule has 1 atom stereocenters. The number of aromatic nitrogens is 1. The van der Waals surface area contributed by atoms with Crippen molar-refractivity contribution in [2.24, 2.45) is 0 Å². The van der Waals surface area contributed by atoms with E-state index in [-0.39, 0.29) is 5.91 Å². The van der Waals surface area contributed by atoms with E-state index in [1.165, 1.54) is 11.8 Å². The van der Waals surface area contributed by atoms with E-state index in [0.717, 1.165) is 30.8 Å². The molecule has 0 bridgehead atoms. The molecule has 1 amide bonds. The molecule has 1 aliphatic heterocycles. The van der Waals surface area contributed by atoms with E-state index in [9.17, 15) is 9.59 Å². The molecule has 136 valence electrons. The maximum Gasteiger partial charge on any atom is 0.341 e. The van der Waals surface area contributed by atoms with Crippen LogP contribution in [-0.2, 0) is 9.53 Å². The number of carbonyl (C=O) groups is 2. The van der Waals surface area contributed by atoms with Gasteiger partial charge in [-0.15, -0.1) is 0 Å². The number of carbonyl (C=O) groups excluding carboxylic acids is 2. The van der Waals surface area contributed by atoms with Gasteiger partial charge in [0.1, 0.15) is 5.03 Å². The van der Waals surface area contributed by atoms with E-state index in [4.69, 9.17) is 16.3 Å². The summed E-state index contributed by atoms with van der Waals surface area (Å²) in [4.78, 5) is 31.7. The number of rotatable bonds is 5. The van der Waals surface area contributed by atoms with E-state index in [0.29, 0.717) is 15.6 Å². The number of hydrogen-bond donors (Lipinski definition) is 0. The number of esters is 1. The molecule has 0 spiro atoms. The Labute approximate surface area is 161 Å². The van der Waals surface area contributed by atoms with Gasteiger partial charge >= 0.3 is 5.97 Å². The van der Waals surface area contributed by atoms with Crippen LogP contribution in [0.15, 0.2) is 52.5 Å². The zero-order chi connectivity index (χ0) is 18.5. The minimum absolute atomic E-state index is 0.153. The third-order valence-electron chi connectivity index (χ3n) is 4.08. The van der Waals surface area contributed by atoms with Gasteiger partial charge in [0.15, 0.2) is 6.10 Å². The molecule has 3 rings (SSSR count). The van der Waals surface area contributed by atoms with Crippen LogP contribution in [0.1, 0.15) is 30.1 Å². The van der Waals surface area contributed by atoms with E-state index in [2.05, 4.69) is 4.98 Å². The van der Waals surface area contributed by atoms with Gasteiger partial charge in [0.05, 0.1) is 10.6 Å². The van der Waals surface area contributed by atoms with Gasteiger partial charge in [-0.3, -0.25) is 4.79 Å². The minimum Gasteiger partial charge on any atom is -0.449 e. The Morgan fingerprint density at radius 1 is 1.19 bits per heavy atom. The van der Waals surface area contributed by atoms with Crippen molar-refractivity contribution in [3.05, 3.63) is 53.2 Å². The maximum atomic E-state index is 12.6. The molecule has 1 aromatic carbocycles. The number of amides is 1. The van der Waals surface area contributed by atoms with Crippen LogP contribution in [0.2, 0.25) is 5.02 Å². The zero-order valence-electron chi connectivity index (χ0n) is 14.4. The molecule has 26 heavy (non-hydrogen) atoms. The van der Waals surface area contributed by atoms with Gasteiger partial charge in [-0.1, -0.05) is 35.5 Å². The fraction of sp³-hybridized carbons (Fsp3) is 0.316. The maximum absolute atomic E-state index is 12.6. The van der Waals surface area contributed by atoms with Crippen LogP contribution in [0, 0.1) is 0 Å². The highest BCUT2D eigenvalue weighted by Crippen LogP contribution is 2.33. The van der Waals surface area contributed by atoms with Crippen LogP contribution in [0.4, 0.5) is 0 Å². The normalized spacial score (nSPS) is 14.9. The Morgan fingerprint density at radius 2 is 1.92 bits per heavy atom. The van der Waals surface area contributed by atoms with Crippen molar-refractivity contribution in [3.8, 4) is 0 Å². The lowest BCUT2D eigenvalue weighted by molar-refractivity contribution is -0.138. The molecular formula is C19H19ClN2O3S. The summed E-state index contributed by atoms with van der Waals surface area (Å²) in [5.74, 6) is -0.715. The van der Waals surface area contributed by atoms with Gasteiger partial charge in [-0.25, -0.2) is 9.78 Å². The molecule has 1 saturated heterocycles.